The van der Waals surface area contributed by atoms with Crippen LogP contribution in [0, 0.1) is 0 Å². The number of hydrogen-bond acceptors (Lipinski definition) is 5. The average molecular weight is 306 g/mol. The van der Waals surface area contributed by atoms with Crippen molar-refractivity contribution in [2.45, 2.75) is 25.7 Å². The minimum atomic E-state index is -1.35. The number of hydrazine groups is 1. The fourth-order valence-electron chi connectivity index (χ4n) is 1.45. The number of carboxylic acid groups (broad SMARTS) is 1. The van der Waals surface area contributed by atoms with Crippen LogP contribution >= 0.6 is 0 Å². The molecule has 0 saturated carbocycles. The van der Waals surface area contributed by atoms with Crippen LogP contribution in [0.2, 0.25) is 0 Å². The second-order valence-corrected chi connectivity index (χ2v) is 4.38. The summed E-state index contributed by atoms with van der Waals surface area (Å²) in [5, 5.41) is 12.8. The highest BCUT2D eigenvalue weighted by molar-refractivity contribution is 5.93. The Morgan fingerprint density at radius 2 is 1.27 bits per heavy atom. The highest BCUT2D eigenvalue weighted by atomic mass is 16.4. The largest absolute Gasteiger partial charge is 0.550 e. The Balaban J connectivity index is 2.18. The van der Waals surface area contributed by atoms with Crippen molar-refractivity contribution < 1.29 is 24.3 Å². The van der Waals surface area contributed by atoms with Crippen LogP contribution in [0.1, 0.15) is 25.7 Å². The van der Waals surface area contributed by atoms with Crippen LogP contribution in [0.3, 0.4) is 0 Å². The second kappa shape index (κ2) is 9.11. The average Bonchev–Trinajstić information content (AvgIpc) is 2.49. The molecule has 0 aliphatic rings. The lowest BCUT2D eigenvalue weighted by atomic mass is 10.2. The van der Waals surface area contributed by atoms with Crippen molar-refractivity contribution in [3.05, 3.63) is 30.3 Å². The summed E-state index contributed by atoms with van der Waals surface area (Å²) in [5.41, 5.74) is 4.77. The molecule has 8 nitrogen and oxygen atoms in total. The van der Waals surface area contributed by atoms with Crippen LogP contribution in [-0.4, -0.2) is 23.7 Å². The molecule has 118 valence electrons. The number of para-hydroxylation sites is 1. The van der Waals surface area contributed by atoms with Gasteiger partial charge in [0.1, 0.15) is 0 Å². The standard InChI is InChI=1S/C14H17N3O5/c18-11(15-10-4-2-1-3-5-10)6-7-12(19)16-17-13(20)8-9-14(21)22/h1-5H,6-9H2,(H,15,18)(H,16,19)(H,17,20)(H,21,22)/p-1. The molecule has 0 fully saturated rings. The summed E-state index contributed by atoms with van der Waals surface area (Å²) in [6, 6.07) is 8.78. The molecule has 1 rings (SSSR count). The fraction of sp³-hybridized carbons (Fsp3) is 0.286. The maximum Gasteiger partial charge on any atom is 0.238 e. The quantitative estimate of drug-likeness (QED) is 0.562. The van der Waals surface area contributed by atoms with Crippen LogP contribution in [0.4, 0.5) is 5.69 Å². The lowest BCUT2D eigenvalue weighted by Gasteiger charge is -2.08. The third-order valence-electron chi connectivity index (χ3n) is 2.53. The lowest BCUT2D eigenvalue weighted by Crippen LogP contribution is -2.42. The summed E-state index contributed by atoms with van der Waals surface area (Å²) >= 11 is 0. The third-order valence-corrected chi connectivity index (χ3v) is 2.53. The molecule has 0 unspecified atom stereocenters. The van der Waals surface area contributed by atoms with Gasteiger partial charge in [-0.2, -0.15) is 0 Å². The maximum atomic E-state index is 11.6. The molecule has 0 saturated heterocycles. The van der Waals surface area contributed by atoms with E-state index < -0.39 is 24.2 Å². The molecule has 0 radical (unpaired) electrons. The highest BCUT2D eigenvalue weighted by Gasteiger charge is 2.08. The van der Waals surface area contributed by atoms with Gasteiger partial charge in [0.25, 0.3) is 0 Å². The first-order valence-corrected chi connectivity index (χ1v) is 6.60. The van der Waals surface area contributed by atoms with E-state index in [9.17, 15) is 24.3 Å². The topological polar surface area (TPSA) is 127 Å². The van der Waals surface area contributed by atoms with Gasteiger partial charge in [0.2, 0.25) is 17.7 Å². The first-order chi connectivity index (χ1) is 10.5. The summed E-state index contributed by atoms with van der Waals surface area (Å²) in [5.74, 6) is -2.88. The van der Waals surface area contributed by atoms with Crippen molar-refractivity contribution >= 4 is 29.4 Å². The van der Waals surface area contributed by atoms with E-state index in [-0.39, 0.29) is 25.2 Å². The number of nitrogens with one attached hydrogen (secondary N) is 3. The van der Waals surface area contributed by atoms with Crippen molar-refractivity contribution in [1.29, 1.82) is 0 Å². The van der Waals surface area contributed by atoms with Gasteiger partial charge in [0, 0.05) is 30.9 Å². The Bertz CT molecular complexity index is 545. The molecule has 3 amide bonds. The highest BCUT2D eigenvalue weighted by Crippen LogP contribution is 2.05. The van der Waals surface area contributed by atoms with E-state index in [1.165, 1.54) is 0 Å². The number of carboxylic acids is 1. The number of carbonyl (C=O) groups excluding carboxylic acids is 4. The molecular formula is C14H16N3O5-. The van der Waals surface area contributed by atoms with E-state index in [0.717, 1.165) is 0 Å². The normalized spacial score (nSPS) is 9.64. The zero-order chi connectivity index (χ0) is 16.4. The van der Waals surface area contributed by atoms with Gasteiger partial charge >= 0.3 is 0 Å². The molecule has 0 aromatic heterocycles. The Kier molecular flexibility index (Phi) is 7.10. The first kappa shape index (κ1) is 17.2. The summed E-state index contributed by atoms with van der Waals surface area (Å²) in [7, 11) is 0. The zero-order valence-electron chi connectivity index (χ0n) is 11.8. The van der Waals surface area contributed by atoms with Gasteiger partial charge in [0.15, 0.2) is 0 Å². The lowest BCUT2D eigenvalue weighted by molar-refractivity contribution is -0.305. The van der Waals surface area contributed by atoms with E-state index in [2.05, 4.69) is 10.7 Å². The molecule has 0 spiro atoms. The molecule has 1 aromatic carbocycles. The SMILES string of the molecule is O=C([O-])CCC(=O)NNC(=O)CCC(=O)Nc1ccccc1. The van der Waals surface area contributed by atoms with Gasteiger partial charge in [0.05, 0.1) is 0 Å². The third kappa shape index (κ3) is 7.63. The minimum Gasteiger partial charge on any atom is -0.550 e. The minimum absolute atomic E-state index is 0.0460. The van der Waals surface area contributed by atoms with E-state index in [4.69, 9.17) is 0 Å². The van der Waals surface area contributed by atoms with Crippen LogP contribution in [0.15, 0.2) is 30.3 Å². The number of benzene rings is 1. The summed E-state index contributed by atoms with van der Waals surface area (Å²) in [6.45, 7) is 0. The fourth-order valence-corrected chi connectivity index (χ4v) is 1.45. The van der Waals surface area contributed by atoms with Crippen LogP contribution in [0.25, 0.3) is 0 Å². The van der Waals surface area contributed by atoms with Crippen LogP contribution in [0.5, 0.6) is 0 Å². The van der Waals surface area contributed by atoms with Gasteiger partial charge in [-0.3, -0.25) is 25.2 Å². The summed E-state index contributed by atoms with van der Waals surface area (Å²) in [6.07, 6.45) is -0.882. The number of aliphatic carboxylic acids is 1. The van der Waals surface area contributed by atoms with Crippen LogP contribution in [-0.2, 0) is 19.2 Å². The molecular weight excluding hydrogens is 290 g/mol. The second-order valence-electron chi connectivity index (χ2n) is 4.38. The molecule has 3 N–H and O–H groups in total. The van der Waals surface area contributed by atoms with Crippen molar-refractivity contribution in [3.8, 4) is 0 Å². The monoisotopic (exact) mass is 306 g/mol. The zero-order valence-corrected chi connectivity index (χ0v) is 11.8. The van der Waals surface area contributed by atoms with Gasteiger partial charge in [-0.05, 0) is 18.6 Å². The molecule has 0 heterocycles. The Morgan fingerprint density at radius 1 is 0.773 bits per heavy atom. The first-order valence-electron chi connectivity index (χ1n) is 6.60. The van der Waals surface area contributed by atoms with Crippen LogP contribution < -0.4 is 21.3 Å². The summed E-state index contributed by atoms with van der Waals surface area (Å²) < 4.78 is 0. The number of carbonyl (C=O) groups is 4. The molecule has 0 atom stereocenters. The van der Waals surface area contributed by atoms with Gasteiger partial charge in [-0.15, -0.1) is 0 Å². The molecule has 8 heteroatoms. The number of rotatable bonds is 7. The van der Waals surface area contributed by atoms with E-state index >= 15 is 0 Å². The molecule has 1 aromatic rings. The van der Waals surface area contributed by atoms with E-state index in [1.54, 1.807) is 24.3 Å². The summed E-state index contributed by atoms with van der Waals surface area (Å²) in [4.78, 5) is 44.3. The van der Waals surface area contributed by atoms with E-state index in [1.807, 2.05) is 11.5 Å². The van der Waals surface area contributed by atoms with Crippen molar-refractivity contribution in [2.75, 3.05) is 5.32 Å². The van der Waals surface area contributed by atoms with Crippen molar-refractivity contribution in [2.24, 2.45) is 0 Å². The smallest absolute Gasteiger partial charge is 0.238 e. The number of amides is 3. The predicted molar refractivity (Wildman–Crippen MR) is 74.8 cm³/mol. The maximum absolute atomic E-state index is 11.6. The predicted octanol–water partition coefficient (Wildman–Crippen LogP) is -0.917. The molecule has 22 heavy (non-hydrogen) atoms. The van der Waals surface area contributed by atoms with Gasteiger partial charge in [-0.1, -0.05) is 18.2 Å². The molecule has 0 aliphatic heterocycles. The number of anilines is 1. The van der Waals surface area contributed by atoms with Crippen molar-refractivity contribution in [1.82, 2.24) is 10.9 Å². The van der Waals surface area contributed by atoms with Gasteiger partial charge in [-0.25, -0.2) is 0 Å². The van der Waals surface area contributed by atoms with Crippen molar-refractivity contribution in [3.63, 3.8) is 0 Å². The van der Waals surface area contributed by atoms with Gasteiger partial charge < -0.3 is 15.2 Å². The molecule has 0 aliphatic carbocycles. The molecule has 0 bridgehead atoms. The Morgan fingerprint density at radius 3 is 1.82 bits per heavy atom. The Labute approximate surface area is 126 Å². The Hall–Kier alpha value is -2.90. The van der Waals surface area contributed by atoms with E-state index in [0.29, 0.717) is 5.69 Å². The number of hydrogen-bond donors (Lipinski definition) is 3.